The molecule has 6 aliphatic rings. The van der Waals surface area contributed by atoms with E-state index in [0.29, 0.717) is 13.5 Å². The standard InChI is InChI=1S/C12H22N4O6.C9H18N2O3.C8H14N4O6.C7H14N2O3.C5H12N2O3.C3H8N2O3/c1-19-5-13-9-10(15(7-21-3)11(13)17)16(8-22-4)12(18)14(9)6-20-2;1-7-8(2)11(6-14-4)9(12)10(7)5-13-3;13-1-9-5-6(11(3-15)7(9)17)12(4-16)8(18)10(5)2-14;1-5-6(2)9(4-11)7(12)8(5)3-10;1-9-3-6-5(8)7-4-10-2;6-1-4-3(8)5-2-7/h9-10H,5-8H2,1-4H3;7-8H,5-6H2,1-4H3;5-6,13-16H,1-4H2;5-6,10-11H,3-4H2,1-2H3;3-4H2,1-2H3,(H2,6,7,8);6-7H,1-2H2,(H2,4,5,8). The summed E-state index contributed by atoms with van der Waals surface area (Å²) in [4.78, 5) is 108. The van der Waals surface area contributed by atoms with Gasteiger partial charge in [-0.1, -0.05) is 0 Å². The molecule has 0 aliphatic carbocycles. The van der Waals surface area contributed by atoms with Gasteiger partial charge in [-0.15, -0.1) is 0 Å². The highest BCUT2D eigenvalue weighted by molar-refractivity contribution is 5.86. The summed E-state index contributed by atoms with van der Waals surface area (Å²) in [5.74, 6) is 0. The Labute approximate surface area is 485 Å². The molecule has 12 N–H and O–H groups in total. The summed E-state index contributed by atoms with van der Waals surface area (Å²) in [7, 11) is 12.1. The number of hydrogen-bond donors (Lipinski definition) is 12. The number of aliphatic hydroxyl groups excluding tert-OH is 8. The first-order chi connectivity index (χ1) is 40.1. The highest BCUT2D eigenvalue weighted by Gasteiger charge is 2.60. The first-order valence-corrected chi connectivity index (χ1v) is 25.4. The molecule has 6 saturated heterocycles. The molecule has 84 heavy (non-hydrogen) atoms. The van der Waals surface area contributed by atoms with E-state index in [1.54, 1.807) is 24.0 Å². The van der Waals surface area contributed by atoms with Gasteiger partial charge in [-0.25, -0.2) is 38.4 Å². The average molecular weight is 1230 g/mol. The molecule has 0 radical (unpaired) electrons. The third-order valence-electron chi connectivity index (χ3n) is 13.2. The molecular weight excluding hydrogens is 1140 g/mol. The topological polar surface area (TPSA) is 459 Å². The highest BCUT2D eigenvalue weighted by atomic mass is 16.5. The number of ether oxygens (including phenoxy) is 8. The van der Waals surface area contributed by atoms with Crippen molar-refractivity contribution in [3.63, 3.8) is 0 Å². The number of amides is 16. The van der Waals surface area contributed by atoms with Crippen molar-refractivity contribution in [2.45, 2.75) is 76.5 Å². The van der Waals surface area contributed by atoms with Crippen molar-refractivity contribution in [3.05, 3.63) is 0 Å². The second-order valence-corrected chi connectivity index (χ2v) is 17.9. The zero-order valence-electron chi connectivity index (χ0n) is 49.4. The van der Waals surface area contributed by atoms with Gasteiger partial charge in [0.1, 0.15) is 108 Å². The number of carbonyl (C=O) groups excluding carboxylic acids is 8. The minimum absolute atomic E-state index is 0.0197. The van der Waals surface area contributed by atoms with Gasteiger partial charge in [0.25, 0.3) is 0 Å². The lowest BCUT2D eigenvalue weighted by Gasteiger charge is -2.28. The first-order valence-electron chi connectivity index (χ1n) is 25.4. The predicted octanol–water partition coefficient (Wildman–Crippen LogP) is -5.77. The lowest BCUT2D eigenvalue weighted by molar-refractivity contribution is -0.0135. The number of carbonyl (C=O) groups is 8. The molecule has 488 valence electrons. The zero-order valence-corrected chi connectivity index (χ0v) is 49.4. The Morgan fingerprint density at radius 1 is 0.310 bits per heavy atom. The summed E-state index contributed by atoms with van der Waals surface area (Å²) in [5.41, 5.74) is 0. The monoisotopic (exact) mass is 1220 g/mol. The van der Waals surface area contributed by atoms with Gasteiger partial charge in [-0.3, -0.25) is 58.8 Å². The molecule has 40 nitrogen and oxygen atoms in total. The largest absolute Gasteiger partial charge is 0.376 e. The maximum Gasteiger partial charge on any atom is 0.327 e. The Kier molecular flexibility index (Phi) is 35.2. The number of aliphatic hydroxyl groups is 8. The van der Waals surface area contributed by atoms with Gasteiger partial charge < -0.3 is 100 Å². The predicted molar refractivity (Wildman–Crippen MR) is 282 cm³/mol. The van der Waals surface area contributed by atoms with Crippen molar-refractivity contribution in [1.29, 1.82) is 0 Å². The molecule has 16 amide bonds. The van der Waals surface area contributed by atoms with Gasteiger partial charge >= 0.3 is 48.2 Å². The van der Waals surface area contributed by atoms with Crippen LogP contribution in [0, 0.1) is 0 Å². The molecule has 0 bridgehead atoms. The number of nitrogens with zero attached hydrogens (tertiary/aromatic N) is 12. The lowest BCUT2D eigenvalue weighted by Crippen LogP contribution is -2.48. The van der Waals surface area contributed by atoms with Crippen LogP contribution in [0.5, 0.6) is 0 Å². The van der Waals surface area contributed by atoms with Gasteiger partial charge in [0.15, 0.2) is 24.7 Å². The fraction of sp³-hybridized carbons (Fsp3) is 0.818. The molecule has 6 heterocycles. The normalized spacial score (nSPS) is 23.1. The van der Waals surface area contributed by atoms with Crippen LogP contribution < -0.4 is 21.3 Å². The van der Waals surface area contributed by atoms with Gasteiger partial charge in [-0.05, 0) is 27.7 Å². The highest BCUT2D eigenvalue weighted by Crippen LogP contribution is 2.36. The molecule has 40 heteroatoms. The Morgan fingerprint density at radius 3 is 0.714 bits per heavy atom. The smallest absolute Gasteiger partial charge is 0.327 e. The molecule has 6 aliphatic heterocycles. The van der Waals surface area contributed by atoms with Gasteiger partial charge in [-0.2, -0.15) is 0 Å². The van der Waals surface area contributed by atoms with Gasteiger partial charge in [0.2, 0.25) is 0 Å². The van der Waals surface area contributed by atoms with Crippen LogP contribution >= 0.6 is 0 Å². The number of urea groups is 8. The van der Waals surface area contributed by atoms with Crippen molar-refractivity contribution >= 4 is 48.2 Å². The average Bonchev–Trinajstić information content (AvgIpc) is 2.46. The van der Waals surface area contributed by atoms with Crippen molar-refractivity contribution < 1.29 is 117 Å². The van der Waals surface area contributed by atoms with E-state index in [1.165, 1.54) is 72.1 Å². The molecule has 4 atom stereocenters. The Bertz CT molecular complexity index is 1830. The molecule has 0 aromatic rings. The quantitative estimate of drug-likeness (QED) is 0.0401. The zero-order chi connectivity index (χ0) is 64.0. The van der Waals surface area contributed by atoms with Crippen molar-refractivity contribution in [1.82, 2.24) is 80.1 Å². The van der Waals surface area contributed by atoms with Crippen LogP contribution in [0.15, 0.2) is 0 Å². The molecule has 6 rings (SSSR count). The van der Waals surface area contributed by atoms with E-state index >= 15 is 0 Å². The third kappa shape index (κ3) is 18.8. The van der Waals surface area contributed by atoms with Crippen LogP contribution in [0.25, 0.3) is 0 Å². The van der Waals surface area contributed by atoms with E-state index in [1.807, 2.05) is 38.3 Å². The minimum atomic E-state index is -0.945. The van der Waals surface area contributed by atoms with E-state index < -0.39 is 83.1 Å². The fourth-order valence-electron chi connectivity index (χ4n) is 8.80. The number of fused-ring (bicyclic) bond motifs is 2. The maximum atomic E-state index is 12.6. The summed E-state index contributed by atoms with van der Waals surface area (Å²) in [6.07, 6.45) is -2.94. The second-order valence-electron chi connectivity index (χ2n) is 17.9. The van der Waals surface area contributed by atoms with E-state index in [9.17, 15) is 38.4 Å². The van der Waals surface area contributed by atoms with E-state index in [0.717, 1.165) is 19.6 Å². The molecule has 4 unspecified atom stereocenters. The molecule has 0 spiro atoms. The summed E-state index contributed by atoms with van der Waals surface area (Å²) in [5, 5.41) is 79.1. The Morgan fingerprint density at radius 2 is 0.500 bits per heavy atom. The summed E-state index contributed by atoms with van der Waals surface area (Å²) < 4.78 is 39.5. The minimum Gasteiger partial charge on any atom is -0.376 e. The molecule has 0 aromatic heterocycles. The number of nitrogens with one attached hydrogen (secondary N) is 4. The molecule has 6 fully saturated rings. The van der Waals surface area contributed by atoms with Crippen molar-refractivity contribution in [3.8, 4) is 0 Å². The summed E-state index contributed by atoms with van der Waals surface area (Å²) in [6.45, 7) is 4.95. The van der Waals surface area contributed by atoms with Gasteiger partial charge in [0.05, 0.1) is 24.2 Å². The van der Waals surface area contributed by atoms with Crippen LogP contribution in [0.2, 0.25) is 0 Å². The van der Waals surface area contributed by atoms with Crippen LogP contribution in [0.4, 0.5) is 38.4 Å². The summed E-state index contributed by atoms with van der Waals surface area (Å²) >= 11 is 0. The van der Waals surface area contributed by atoms with E-state index in [-0.39, 0.29) is 108 Å². The third-order valence-corrected chi connectivity index (χ3v) is 13.2. The Balaban J connectivity index is 0.000000520. The Hall–Kier alpha value is -6.48. The number of hydrogen-bond acceptors (Lipinski definition) is 24. The second kappa shape index (κ2) is 39.2. The van der Waals surface area contributed by atoms with Crippen LogP contribution in [0.1, 0.15) is 27.7 Å². The fourth-order valence-corrected chi connectivity index (χ4v) is 8.80. The maximum absolute atomic E-state index is 12.6. The first kappa shape index (κ1) is 75.5. The van der Waals surface area contributed by atoms with Crippen molar-refractivity contribution in [2.75, 3.05) is 165 Å². The lowest BCUT2D eigenvalue weighted by atomic mass is 10.2. The van der Waals surface area contributed by atoms with Gasteiger partial charge in [0, 0.05) is 56.9 Å². The van der Waals surface area contributed by atoms with E-state index in [4.69, 9.17) is 69.3 Å². The van der Waals surface area contributed by atoms with Crippen LogP contribution in [0.3, 0.4) is 0 Å². The van der Waals surface area contributed by atoms with E-state index in [2.05, 4.69) is 20.1 Å². The molecular formula is C44H88N16O24. The summed E-state index contributed by atoms with van der Waals surface area (Å²) in [6, 6.07) is -2.88. The SMILES string of the molecule is CC1C(C)N(CO)C(=O)N1CO.COCN1C(=O)N(COC)C(C)C1C.COCN1C(=O)N(COC)C2C1N(COC)C(=O)N2COC.COCNC(=O)NCOC.O=C(NCO)NCO.O=C1N(CO)C2C(N1CO)N(CO)C(=O)N2CO. The molecule has 0 aromatic carbocycles. The van der Waals surface area contributed by atoms with Crippen LogP contribution in [-0.4, -0.2) is 361 Å². The van der Waals surface area contributed by atoms with Crippen LogP contribution in [-0.2, 0) is 37.9 Å². The van der Waals surface area contributed by atoms with Crippen molar-refractivity contribution in [2.24, 2.45) is 0 Å². The molecule has 0 saturated carbocycles. The number of rotatable bonds is 24. The number of methoxy groups -OCH3 is 8.